The van der Waals surface area contributed by atoms with Gasteiger partial charge in [-0.15, -0.1) is 0 Å². The number of nitrogens with zero attached hydrogens (tertiary/aromatic N) is 1. The quantitative estimate of drug-likeness (QED) is 0.889. The fraction of sp³-hybridized carbons (Fsp3) is 0.500. The molecule has 3 nitrogen and oxygen atoms in total. The predicted octanol–water partition coefficient (Wildman–Crippen LogP) is 4.62. The fourth-order valence-electron chi connectivity index (χ4n) is 3.30. The Labute approximate surface area is 126 Å². The molecule has 1 fully saturated rings. The lowest BCUT2D eigenvalue weighted by Crippen LogP contribution is -2.26. The van der Waals surface area contributed by atoms with E-state index in [2.05, 4.69) is 29.4 Å². The number of benzene rings is 1. The Kier molecular flexibility index (Phi) is 4.28. The SMILES string of the molecule is CCC1CCC(Nc2nccc3ccc(OC)cc23)CC1. The third-order valence-corrected chi connectivity index (χ3v) is 4.74. The van der Waals surface area contributed by atoms with E-state index >= 15 is 0 Å². The number of pyridine rings is 1. The van der Waals surface area contributed by atoms with Crippen LogP contribution in [0.3, 0.4) is 0 Å². The smallest absolute Gasteiger partial charge is 0.134 e. The molecule has 0 radical (unpaired) electrons. The number of fused-ring (bicyclic) bond motifs is 1. The molecule has 3 rings (SSSR count). The summed E-state index contributed by atoms with van der Waals surface area (Å²) >= 11 is 0. The van der Waals surface area contributed by atoms with Crippen LogP contribution in [0.5, 0.6) is 5.75 Å². The van der Waals surface area contributed by atoms with Crippen molar-refractivity contribution in [1.82, 2.24) is 4.98 Å². The van der Waals surface area contributed by atoms with Crippen molar-refractivity contribution in [3.05, 3.63) is 30.5 Å². The first-order valence-electron chi connectivity index (χ1n) is 7.99. The minimum atomic E-state index is 0.553. The van der Waals surface area contributed by atoms with Crippen LogP contribution < -0.4 is 10.1 Å². The molecule has 1 N–H and O–H groups in total. The standard InChI is InChI=1S/C18H24N2O/c1-3-13-4-7-15(8-5-13)20-18-17-12-16(21-2)9-6-14(17)10-11-19-18/h6,9-13,15H,3-5,7-8H2,1-2H3,(H,19,20). The summed E-state index contributed by atoms with van der Waals surface area (Å²) in [4.78, 5) is 4.55. The van der Waals surface area contributed by atoms with Crippen molar-refractivity contribution in [3.8, 4) is 5.75 Å². The molecule has 1 saturated carbocycles. The zero-order chi connectivity index (χ0) is 14.7. The summed E-state index contributed by atoms with van der Waals surface area (Å²) < 4.78 is 5.34. The summed E-state index contributed by atoms with van der Waals surface area (Å²) in [5, 5.41) is 6.00. The van der Waals surface area contributed by atoms with Gasteiger partial charge >= 0.3 is 0 Å². The van der Waals surface area contributed by atoms with Crippen LogP contribution in [0.1, 0.15) is 39.0 Å². The van der Waals surface area contributed by atoms with Crippen molar-refractivity contribution in [2.75, 3.05) is 12.4 Å². The average molecular weight is 284 g/mol. The highest BCUT2D eigenvalue weighted by atomic mass is 16.5. The molecular weight excluding hydrogens is 260 g/mol. The second-order valence-corrected chi connectivity index (χ2v) is 6.02. The van der Waals surface area contributed by atoms with Crippen molar-refractivity contribution in [3.63, 3.8) is 0 Å². The molecule has 0 bridgehead atoms. The van der Waals surface area contributed by atoms with Crippen LogP contribution in [0.2, 0.25) is 0 Å². The molecule has 1 aromatic heterocycles. The Bertz CT molecular complexity index is 603. The van der Waals surface area contributed by atoms with Crippen LogP contribution >= 0.6 is 0 Å². The van der Waals surface area contributed by atoms with Crippen molar-refractivity contribution in [1.29, 1.82) is 0 Å². The maximum atomic E-state index is 5.34. The molecule has 0 aliphatic heterocycles. The highest BCUT2D eigenvalue weighted by Crippen LogP contribution is 2.31. The first-order valence-corrected chi connectivity index (χ1v) is 7.99. The minimum Gasteiger partial charge on any atom is -0.497 e. The number of anilines is 1. The maximum absolute atomic E-state index is 5.34. The number of nitrogens with one attached hydrogen (secondary N) is 1. The average Bonchev–Trinajstić information content (AvgIpc) is 2.55. The van der Waals surface area contributed by atoms with Crippen LogP contribution in [0, 0.1) is 5.92 Å². The molecule has 0 saturated heterocycles. The van der Waals surface area contributed by atoms with Gasteiger partial charge in [0, 0.05) is 17.6 Å². The zero-order valence-corrected chi connectivity index (χ0v) is 12.9. The zero-order valence-electron chi connectivity index (χ0n) is 12.9. The number of hydrogen-bond donors (Lipinski definition) is 1. The molecule has 21 heavy (non-hydrogen) atoms. The molecule has 1 aliphatic carbocycles. The van der Waals surface area contributed by atoms with Crippen LogP contribution in [0.15, 0.2) is 30.5 Å². The Morgan fingerprint density at radius 1 is 1.19 bits per heavy atom. The van der Waals surface area contributed by atoms with E-state index in [0.29, 0.717) is 6.04 Å². The Morgan fingerprint density at radius 3 is 2.71 bits per heavy atom. The topological polar surface area (TPSA) is 34.2 Å². The Balaban J connectivity index is 1.80. The van der Waals surface area contributed by atoms with Gasteiger partial charge in [0.25, 0.3) is 0 Å². The van der Waals surface area contributed by atoms with Gasteiger partial charge < -0.3 is 10.1 Å². The van der Waals surface area contributed by atoms with Gasteiger partial charge in [-0.1, -0.05) is 19.4 Å². The number of methoxy groups -OCH3 is 1. The lowest BCUT2D eigenvalue weighted by atomic mass is 9.84. The number of ether oxygens (including phenoxy) is 1. The van der Waals surface area contributed by atoms with Crippen molar-refractivity contribution in [2.24, 2.45) is 5.92 Å². The summed E-state index contributed by atoms with van der Waals surface area (Å²) in [6, 6.07) is 8.77. The van der Waals surface area contributed by atoms with Crippen LogP contribution in [-0.4, -0.2) is 18.1 Å². The number of rotatable bonds is 4. The van der Waals surface area contributed by atoms with E-state index in [1.54, 1.807) is 7.11 Å². The monoisotopic (exact) mass is 284 g/mol. The highest BCUT2D eigenvalue weighted by Gasteiger charge is 2.20. The van der Waals surface area contributed by atoms with Gasteiger partial charge in [-0.25, -0.2) is 4.98 Å². The summed E-state index contributed by atoms with van der Waals surface area (Å²) in [7, 11) is 1.71. The fourth-order valence-corrected chi connectivity index (χ4v) is 3.30. The second kappa shape index (κ2) is 6.33. The van der Waals surface area contributed by atoms with E-state index in [-0.39, 0.29) is 0 Å². The van der Waals surface area contributed by atoms with Crippen LogP contribution in [0.25, 0.3) is 10.8 Å². The molecule has 1 aliphatic rings. The first-order chi connectivity index (χ1) is 10.3. The molecular formula is C18H24N2O. The van der Waals surface area contributed by atoms with E-state index in [0.717, 1.165) is 22.9 Å². The molecule has 0 atom stereocenters. The van der Waals surface area contributed by atoms with E-state index in [1.807, 2.05) is 18.3 Å². The number of aromatic nitrogens is 1. The molecule has 112 valence electrons. The van der Waals surface area contributed by atoms with Gasteiger partial charge in [0.1, 0.15) is 11.6 Å². The van der Waals surface area contributed by atoms with Crippen LogP contribution in [0.4, 0.5) is 5.82 Å². The molecule has 1 heterocycles. The summed E-state index contributed by atoms with van der Waals surface area (Å²) in [5.41, 5.74) is 0. The first kappa shape index (κ1) is 14.2. The van der Waals surface area contributed by atoms with E-state index < -0.39 is 0 Å². The summed E-state index contributed by atoms with van der Waals surface area (Å²) in [6.07, 6.45) is 8.37. The lowest BCUT2D eigenvalue weighted by Gasteiger charge is -2.29. The lowest BCUT2D eigenvalue weighted by molar-refractivity contribution is 0.330. The van der Waals surface area contributed by atoms with Gasteiger partial charge in [-0.05, 0) is 55.2 Å². The summed E-state index contributed by atoms with van der Waals surface area (Å²) in [5.74, 6) is 2.79. The van der Waals surface area contributed by atoms with E-state index in [1.165, 1.54) is 37.5 Å². The molecule has 0 amide bonds. The number of hydrogen-bond acceptors (Lipinski definition) is 3. The van der Waals surface area contributed by atoms with Crippen molar-refractivity contribution >= 4 is 16.6 Å². The van der Waals surface area contributed by atoms with Gasteiger partial charge in [0.15, 0.2) is 0 Å². The second-order valence-electron chi connectivity index (χ2n) is 6.02. The van der Waals surface area contributed by atoms with E-state index in [4.69, 9.17) is 4.74 Å². The van der Waals surface area contributed by atoms with E-state index in [9.17, 15) is 0 Å². The Morgan fingerprint density at radius 2 is 2.00 bits per heavy atom. The predicted molar refractivity (Wildman–Crippen MR) is 88.0 cm³/mol. The molecule has 3 heteroatoms. The van der Waals surface area contributed by atoms with Gasteiger partial charge in [-0.3, -0.25) is 0 Å². The molecule has 1 aromatic carbocycles. The molecule has 2 aromatic rings. The van der Waals surface area contributed by atoms with Crippen molar-refractivity contribution in [2.45, 2.75) is 45.1 Å². The normalized spacial score (nSPS) is 22.2. The molecule has 0 spiro atoms. The Hall–Kier alpha value is -1.77. The minimum absolute atomic E-state index is 0.553. The third-order valence-electron chi connectivity index (χ3n) is 4.74. The van der Waals surface area contributed by atoms with Gasteiger partial charge in [0.05, 0.1) is 7.11 Å². The summed E-state index contributed by atoms with van der Waals surface area (Å²) in [6.45, 7) is 2.30. The highest BCUT2D eigenvalue weighted by molar-refractivity contribution is 5.92. The largest absolute Gasteiger partial charge is 0.497 e. The molecule has 0 unspecified atom stereocenters. The third kappa shape index (κ3) is 3.12. The van der Waals surface area contributed by atoms with Gasteiger partial charge in [0.2, 0.25) is 0 Å². The maximum Gasteiger partial charge on any atom is 0.134 e. The van der Waals surface area contributed by atoms with Gasteiger partial charge in [-0.2, -0.15) is 0 Å². The van der Waals surface area contributed by atoms with Crippen molar-refractivity contribution < 1.29 is 4.74 Å². The van der Waals surface area contributed by atoms with Crippen LogP contribution in [-0.2, 0) is 0 Å².